The van der Waals surface area contributed by atoms with Crippen LogP contribution in [0, 0.1) is 17.8 Å². The van der Waals surface area contributed by atoms with Crippen LogP contribution in [0.15, 0.2) is 0 Å². The van der Waals surface area contributed by atoms with Crippen LogP contribution in [0.1, 0.15) is 53.4 Å². The fraction of sp³-hybridized carbons (Fsp3) is 1.00. The van der Waals surface area contributed by atoms with E-state index >= 15 is 0 Å². The molecule has 0 amide bonds. The molecule has 0 spiro atoms. The fourth-order valence-electron chi connectivity index (χ4n) is 3.52. The van der Waals surface area contributed by atoms with Crippen molar-refractivity contribution < 1.29 is 0 Å². The summed E-state index contributed by atoms with van der Waals surface area (Å²) < 4.78 is 0. The van der Waals surface area contributed by atoms with Crippen molar-refractivity contribution in [3.8, 4) is 0 Å². The van der Waals surface area contributed by atoms with E-state index < -0.39 is 0 Å². The van der Waals surface area contributed by atoms with Crippen molar-refractivity contribution in [2.24, 2.45) is 17.8 Å². The van der Waals surface area contributed by atoms with Gasteiger partial charge in [-0.2, -0.15) is 0 Å². The van der Waals surface area contributed by atoms with Crippen molar-refractivity contribution in [1.82, 2.24) is 10.2 Å². The second-order valence-electron chi connectivity index (χ2n) is 7.71. The largest absolute Gasteiger partial charge is 0.312 e. The van der Waals surface area contributed by atoms with Crippen molar-refractivity contribution in [1.29, 1.82) is 0 Å². The van der Waals surface area contributed by atoms with E-state index in [0.717, 1.165) is 17.8 Å². The molecule has 2 aliphatic rings. The molecule has 2 rings (SSSR count). The Balaban J connectivity index is 1.68. The zero-order chi connectivity index (χ0) is 13.2. The summed E-state index contributed by atoms with van der Waals surface area (Å²) in [7, 11) is 0. The standard InChI is InChI=1S/C16H32N2/c1-13-6-5-7-15(13)12-18-9-8-14(11-18)10-17-16(2,3)4/h13-15,17H,5-12H2,1-4H3. The van der Waals surface area contributed by atoms with Crippen LogP contribution in [0.3, 0.4) is 0 Å². The van der Waals surface area contributed by atoms with E-state index in [1.807, 2.05) is 0 Å². The molecule has 1 aliphatic heterocycles. The fourth-order valence-corrected chi connectivity index (χ4v) is 3.52. The molecule has 2 nitrogen and oxygen atoms in total. The first-order valence-corrected chi connectivity index (χ1v) is 7.91. The van der Waals surface area contributed by atoms with E-state index in [1.54, 1.807) is 0 Å². The van der Waals surface area contributed by atoms with Crippen molar-refractivity contribution >= 4 is 0 Å². The zero-order valence-corrected chi connectivity index (χ0v) is 12.8. The van der Waals surface area contributed by atoms with Crippen LogP contribution < -0.4 is 5.32 Å². The molecule has 0 aromatic rings. The number of hydrogen-bond donors (Lipinski definition) is 1. The number of nitrogens with one attached hydrogen (secondary N) is 1. The molecule has 106 valence electrons. The maximum atomic E-state index is 3.66. The van der Waals surface area contributed by atoms with Gasteiger partial charge in [-0.1, -0.05) is 19.8 Å². The Kier molecular flexibility index (Phi) is 4.71. The molecule has 0 bridgehead atoms. The summed E-state index contributed by atoms with van der Waals surface area (Å²) >= 11 is 0. The molecule has 18 heavy (non-hydrogen) atoms. The Labute approximate surface area is 114 Å². The molecule has 1 aliphatic carbocycles. The minimum atomic E-state index is 0.271. The predicted molar refractivity (Wildman–Crippen MR) is 78.8 cm³/mol. The summed E-state index contributed by atoms with van der Waals surface area (Å²) in [4.78, 5) is 2.72. The highest BCUT2D eigenvalue weighted by Crippen LogP contribution is 2.32. The van der Waals surface area contributed by atoms with Crippen molar-refractivity contribution in [2.45, 2.75) is 58.9 Å². The van der Waals surface area contributed by atoms with Crippen LogP contribution in [0.25, 0.3) is 0 Å². The second kappa shape index (κ2) is 5.92. The molecule has 1 saturated heterocycles. The number of nitrogens with zero attached hydrogens (tertiary/aromatic N) is 1. The Bertz CT molecular complexity index is 256. The van der Waals surface area contributed by atoms with Gasteiger partial charge in [-0.3, -0.25) is 0 Å². The van der Waals surface area contributed by atoms with Crippen molar-refractivity contribution in [3.05, 3.63) is 0 Å². The first kappa shape index (κ1) is 14.3. The third-order valence-electron chi connectivity index (χ3n) is 4.82. The van der Waals surface area contributed by atoms with Gasteiger partial charge in [-0.05, 0) is 64.5 Å². The van der Waals surface area contributed by atoms with E-state index in [4.69, 9.17) is 0 Å². The van der Waals surface area contributed by atoms with Crippen molar-refractivity contribution in [2.75, 3.05) is 26.2 Å². The van der Waals surface area contributed by atoms with Gasteiger partial charge in [0.25, 0.3) is 0 Å². The van der Waals surface area contributed by atoms with E-state index in [1.165, 1.54) is 51.9 Å². The van der Waals surface area contributed by atoms with Crippen LogP contribution in [0.5, 0.6) is 0 Å². The molecular weight excluding hydrogens is 220 g/mol. The molecule has 1 N–H and O–H groups in total. The molecule has 0 aromatic heterocycles. The molecule has 3 atom stereocenters. The molecule has 0 radical (unpaired) electrons. The summed E-state index contributed by atoms with van der Waals surface area (Å²) in [6.07, 6.45) is 5.80. The van der Waals surface area contributed by atoms with Gasteiger partial charge in [0.1, 0.15) is 0 Å². The highest BCUT2D eigenvalue weighted by molar-refractivity contribution is 4.84. The summed E-state index contributed by atoms with van der Waals surface area (Å²) in [5.41, 5.74) is 0.271. The molecule has 3 unspecified atom stereocenters. The van der Waals surface area contributed by atoms with Gasteiger partial charge in [-0.15, -0.1) is 0 Å². The first-order chi connectivity index (χ1) is 8.44. The third-order valence-corrected chi connectivity index (χ3v) is 4.82. The van der Waals surface area contributed by atoms with Crippen LogP contribution in [-0.4, -0.2) is 36.6 Å². The summed E-state index contributed by atoms with van der Waals surface area (Å²) in [6, 6.07) is 0. The normalized spacial score (nSPS) is 34.3. The first-order valence-electron chi connectivity index (χ1n) is 7.91. The number of rotatable bonds is 4. The third kappa shape index (κ3) is 4.24. The van der Waals surface area contributed by atoms with Gasteiger partial charge in [0.15, 0.2) is 0 Å². The Morgan fingerprint density at radius 2 is 1.94 bits per heavy atom. The van der Waals surface area contributed by atoms with Crippen molar-refractivity contribution in [3.63, 3.8) is 0 Å². The molecular formula is C16H32N2. The zero-order valence-electron chi connectivity index (χ0n) is 12.8. The highest BCUT2D eigenvalue weighted by Gasteiger charge is 2.29. The predicted octanol–water partition coefficient (Wildman–Crippen LogP) is 3.13. The van der Waals surface area contributed by atoms with Crippen LogP contribution in [-0.2, 0) is 0 Å². The van der Waals surface area contributed by atoms with Gasteiger partial charge in [0.2, 0.25) is 0 Å². The van der Waals surface area contributed by atoms with E-state index in [9.17, 15) is 0 Å². The Hall–Kier alpha value is -0.0800. The lowest BCUT2D eigenvalue weighted by Crippen LogP contribution is -2.40. The van der Waals surface area contributed by atoms with Crippen LogP contribution >= 0.6 is 0 Å². The molecule has 1 heterocycles. The maximum Gasteiger partial charge on any atom is 0.00966 e. The average molecular weight is 252 g/mol. The topological polar surface area (TPSA) is 15.3 Å². The molecule has 2 fully saturated rings. The number of likely N-dealkylation sites (tertiary alicyclic amines) is 1. The van der Waals surface area contributed by atoms with Gasteiger partial charge in [-0.25, -0.2) is 0 Å². The average Bonchev–Trinajstić information content (AvgIpc) is 2.86. The van der Waals surface area contributed by atoms with Gasteiger partial charge in [0.05, 0.1) is 0 Å². The second-order valence-corrected chi connectivity index (χ2v) is 7.71. The summed E-state index contributed by atoms with van der Waals surface area (Å²) in [6.45, 7) is 14.5. The summed E-state index contributed by atoms with van der Waals surface area (Å²) in [5.74, 6) is 2.83. The van der Waals surface area contributed by atoms with E-state index in [0.29, 0.717) is 0 Å². The SMILES string of the molecule is CC1CCCC1CN1CCC(CNC(C)(C)C)C1. The lowest BCUT2D eigenvalue weighted by molar-refractivity contribution is 0.239. The minimum Gasteiger partial charge on any atom is -0.312 e. The van der Waals surface area contributed by atoms with Gasteiger partial charge < -0.3 is 10.2 Å². The van der Waals surface area contributed by atoms with Crippen LogP contribution in [0.2, 0.25) is 0 Å². The summed E-state index contributed by atoms with van der Waals surface area (Å²) in [5, 5.41) is 3.66. The lowest BCUT2D eigenvalue weighted by atomic mass is 9.98. The van der Waals surface area contributed by atoms with Crippen LogP contribution in [0.4, 0.5) is 0 Å². The van der Waals surface area contributed by atoms with Gasteiger partial charge >= 0.3 is 0 Å². The lowest BCUT2D eigenvalue weighted by Gasteiger charge is -2.25. The molecule has 2 heteroatoms. The number of hydrogen-bond acceptors (Lipinski definition) is 2. The molecule has 0 aromatic carbocycles. The highest BCUT2D eigenvalue weighted by atomic mass is 15.2. The quantitative estimate of drug-likeness (QED) is 0.827. The Morgan fingerprint density at radius 3 is 2.56 bits per heavy atom. The van der Waals surface area contributed by atoms with E-state index in [2.05, 4.69) is 37.9 Å². The molecule has 1 saturated carbocycles. The minimum absolute atomic E-state index is 0.271. The Morgan fingerprint density at radius 1 is 1.17 bits per heavy atom. The smallest absolute Gasteiger partial charge is 0.00966 e. The monoisotopic (exact) mass is 252 g/mol. The van der Waals surface area contributed by atoms with Gasteiger partial charge in [0, 0.05) is 18.6 Å². The van der Waals surface area contributed by atoms with E-state index in [-0.39, 0.29) is 5.54 Å². The maximum absolute atomic E-state index is 3.66.